The number of Topliss-reactive ketones (excluding diaryl/α,β-unsaturated/α-hetero) is 1. The van der Waals surface area contributed by atoms with Crippen molar-refractivity contribution < 1.29 is 19.1 Å². The number of nitrogens with zero attached hydrogens (tertiary/aromatic N) is 1. The summed E-state index contributed by atoms with van der Waals surface area (Å²) in [5.41, 5.74) is 2.95. The highest BCUT2D eigenvalue weighted by Crippen LogP contribution is 2.49. The van der Waals surface area contributed by atoms with Crippen LogP contribution in [-0.2, 0) is 9.59 Å². The maximum absolute atomic E-state index is 13.4. The largest absolute Gasteiger partial charge is 0.497 e. The summed E-state index contributed by atoms with van der Waals surface area (Å²) < 4.78 is 10.9. The van der Waals surface area contributed by atoms with Crippen LogP contribution in [0.25, 0.3) is 0 Å². The summed E-state index contributed by atoms with van der Waals surface area (Å²) in [6, 6.07) is 15.1. The summed E-state index contributed by atoms with van der Waals surface area (Å²) in [4.78, 5) is 28.5. The van der Waals surface area contributed by atoms with Crippen molar-refractivity contribution in [3.8, 4) is 11.5 Å². The average molecular weight is 405 g/mol. The molecule has 0 fully saturated rings. The van der Waals surface area contributed by atoms with Crippen molar-refractivity contribution in [3.63, 3.8) is 0 Å². The lowest BCUT2D eigenvalue weighted by atomic mass is 9.69. The molecule has 0 bridgehead atoms. The number of methoxy groups -OCH3 is 2. The van der Waals surface area contributed by atoms with Crippen molar-refractivity contribution >= 4 is 17.4 Å². The fourth-order valence-electron chi connectivity index (χ4n) is 4.68. The monoisotopic (exact) mass is 405 g/mol. The Balaban J connectivity index is 1.91. The van der Waals surface area contributed by atoms with Gasteiger partial charge in [-0.15, -0.1) is 0 Å². The van der Waals surface area contributed by atoms with Gasteiger partial charge < -0.3 is 9.47 Å². The molecule has 1 atom stereocenters. The molecule has 1 aliphatic heterocycles. The number of rotatable bonds is 4. The highest BCUT2D eigenvalue weighted by atomic mass is 16.5. The lowest BCUT2D eigenvalue weighted by molar-refractivity contribution is -0.121. The zero-order valence-corrected chi connectivity index (χ0v) is 17.9. The number of anilines is 1. The molecule has 0 spiro atoms. The van der Waals surface area contributed by atoms with E-state index in [0.717, 1.165) is 22.5 Å². The van der Waals surface area contributed by atoms with Crippen molar-refractivity contribution in [1.82, 2.24) is 0 Å². The third-order valence-electron chi connectivity index (χ3n) is 5.97. The Kier molecular flexibility index (Phi) is 5.14. The number of hydrogen-bond acceptors (Lipinski definition) is 4. The first-order chi connectivity index (χ1) is 14.3. The number of amides is 1. The zero-order valence-electron chi connectivity index (χ0n) is 17.9. The van der Waals surface area contributed by atoms with Gasteiger partial charge in [0.25, 0.3) is 0 Å². The SMILES string of the molecule is COc1cccc(N2C(=O)CC(c3ccccc3OC)C3=C2CC(C)(C)CC3=O)c1. The molecule has 4 rings (SSSR count). The number of carbonyl (C=O) groups excluding carboxylic acids is 2. The van der Waals surface area contributed by atoms with Gasteiger partial charge in [0.2, 0.25) is 5.91 Å². The van der Waals surface area contributed by atoms with Crippen molar-refractivity contribution in [2.45, 2.75) is 39.0 Å². The maximum Gasteiger partial charge on any atom is 0.232 e. The second kappa shape index (κ2) is 7.63. The molecule has 0 saturated heterocycles. The van der Waals surface area contributed by atoms with Crippen LogP contribution in [0.2, 0.25) is 0 Å². The highest BCUT2D eigenvalue weighted by molar-refractivity contribution is 6.08. The summed E-state index contributed by atoms with van der Waals surface area (Å²) in [5.74, 6) is 1.17. The molecule has 1 unspecified atom stereocenters. The molecule has 5 heteroatoms. The minimum Gasteiger partial charge on any atom is -0.497 e. The van der Waals surface area contributed by atoms with E-state index in [0.29, 0.717) is 24.3 Å². The molecule has 2 aliphatic rings. The molecule has 1 aliphatic carbocycles. The summed E-state index contributed by atoms with van der Waals surface area (Å²) in [6.45, 7) is 4.16. The number of hydrogen-bond donors (Lipinski definition) is 0. The van der Waals surface area contributed by atoms with Crippen LogP contribution in [0.1, 0.15) is 44.6 Å². The predicted molar refractivity (Wildman–Crippen MR) is 116 cm³/mol. The van der Waals surface area contributed by atoms with Crippen LogP contribution in [0.15, 0.2) is 59.8 Å². The summed E-state index contributed by atoms with van der Waals surface area (Å²) in [7, 11) is 3.22. The second-order valence-electron chi connectivity index (χ2n) is 8.73. The van der Waals surface area contributed by atoms with E-state index >= 15 is 0 Å². The van der Waals surface area contributed by atoms with Gasteiger partial charge in [0.15, 0.2) is 5.78 Å². The summed E-state index contributed by atoms with van der Waals surface area (Å²) in [6.07, 6.45) is 1.35. The molecule has 0 aromatic heterocycles. The quantitative estimate of drug-likeness (QED) is 0.728. The summed E-state index contributed by atoms with van der Waals surface area (Å²) >= 11 is 0. The van der Waals surface area contributed by atoms with E-state index in [1.807, 2.05) is 48.5 Å². The first-order valence-corrected chi connectivity index (χ1v) is 10.2. The molecule has 1 amide bonds. The second-order valence-corrected chi connectivity index (χ2v) is 8.73. The topological polar surface area (TPSA) is 55.8 Å². The minimum atomic E-state index is -0.297. The van der Waals surface area contributed by atoms with Gasteiger partial charge in [0.05, 0.1) is 19.9 Å². The Labute approximate surface area is 177 Å². The van der Waals surface area contributed by atoms with Crippen LogP contribution < -0.4 is 14.4 Å². The Morgan fingerprint density at radius 2 is 1.73 bits per heavy atom. The van der Waals surface area contributed by atoms with Crippen molar-refractivity contribution in [2.75, 3.05) is 19.1 Å². The molecule has 5 nitrogen and oxygen atoms in total. The molecule has 2 aromatic carbocycles. The molecular weight excluding hydrogens is 378 g/mol. The molecule has 0 radical (unpaired) electrons. The van der Waals surface area contributed by atoms with Crippen molar-refractivity contribution in [2.24, 2.45) is 5.41 Å². The maximum atomic E-state index is 13.4. The zero-order chi connectivity index (χ0) is 21.5. The number of allylic oxidation sites excluding steroid dienone is 2. The van der Waals surface area contributed by atoms with E-state index in [2.05, 4.69) is 13.8 Å². The molecule has 1 heterocycles. The average Bonchev–Trinajstić information content (AvgIpc) is 2.72. The number of benzene rings is 2. The smallest absolute Gasteiger partial charge is 0.232 e. The van der Waals surface area contributed by atoms with Gasteiger partial charge >= 0.3 is 0 Å². The Morgan fingerprint density at radius 1 is 0.967 bits per heavy atom. The Bertz CT molecular complexity index is 1040. The number of para-hydroxylation sites is 1. The van der Waals surface area contributed by atoms with Crippen LogP contribution in [0.4, 0.5) is 5.69 Å². The predicted octanol–water partition coefficient (Wildman–Crippen LogP) is 4.87. The van der Waals surface area contributed by atoms with Crippen LogP contribution in [0.5, 0.6) is 11.5 Å². The van der Waals surface area contributed by atoms with Crippen LogP contribution in [0.3, 0.4) is 0 Å². The molecule has 30 heavy (non-hydrogen) atoms. The third-order valence-corrected chi connectivity index (χ3v) is 5.97. The van der Waals surface area contributed by atoms with E-state index in [4.69, 9.17) is 9.47 Å². The number of ether oxygens (including phenoxy) is 2. The first-order valence-electron chi connectivity index (χ1n) is 10.2. The molecule has 2 aromatic rings. The van der Waals surface area contributed by atoms with Crippen LogP contribution in [0, 0.1) is 5.41 Å². The molecule has 0 N–H and O–H groups in total. The minimum absolute atomic E-state index is 0.0246. The van der Waals surface area contributed by atoms with E-state index < -0.39 is 0 Å². The standard InChI is InChI=1S/C25H27NO4/c1-25(2)14-20-24(21(27)15-25)19(18-10-5-6-11-22(18)30-4)13-23(28)26(20)16-8-7-9-17(12-16)29-3/h5-12,19H,13-15H2,1-4H3. The summed E-state index contributed by atoms with van der Waals surface area (Å²) in [5, 5.41) is 0. The normalized spacial score (nSPS) is 20.8. The first kappa shape index (κ1) is 20.2. The fourth-order valence-corrected chi connectivity index (χ4v) is 4.68. The Hall–Kier alpha value is -3.08. The van der Waals surface area contributed by atoms with Gasteiger partial charge in [0.1, 0.15) is 11.5 Å². The Morgan fingerprint density at radius 3 is 2.47 bits per heavy atom. The van der Waals surface area contributed by atoms with E-state index in [-0.39, 0.29) is 29.4 Å². The number of carbonyl (C=O) groups is 2. The van der Waals surface area contributed by atoms with Gasteiger partial charge in [-0.05, 0) is 30.0 Å². The van der Waals surface area contributed by atoms with Crippen molar-refractivity contribution in [1.29, 1.82) is 0 Å². The highest BCUT2D eigenvalue weighted by Gasteiger charge is 2.45. The van der Waals surface area contributed by atoms with E-state index in [9.17, 15) is 9.59 Å². The van der Waals surface area contributed by atoms with Gasteiger partial charge in [-0.3, -0.25) is 14.5 Å². The van der Waals surface area contributed by atoms with Crippen molar-refractivity contribution in [3.05, 3.63) is 65.4 Å². The molecular formula is C25H27NO4. The van der Waals surface area contributed by atoms with E-state index in [1.165, 1.54) is 0 Å². The molecule has 156 valence electrons. The van der Waals surface area contributed by atoms with Gasteiger partial charge in [-0.25, -0.2) is 0 Å². The third kappa shape index (κ3) is 3.49. The fraction of sp³-hybridized carbons (Fsp3) is 0.360. The van der Waals surface area contributed by atoms with Gasteiger partial charge in [0, 0.05) is 41.7 Å². The lowest BCUT2D eigenvalue weighted by Gasteiger charge is -2.43. The lowest BCUT2D eigenvalue weighted by Crippen LogP contribution is -2.43. The number of ketones is 1. The van der Waals surface area contributed by atoms with Gasteiger partial charge in [-0.2, -0.15) is 0 Å². The van der Waals surface area contributed by atoms with Crippen LogP contribution in [-0.4, -0.2) is 25.9 Å². The van der Waals surface area contributed by atoms with Crippen LogP contribution >= 0.6 is 0 Å². The van der Waals surface area contributed by atoms with E-state index in [1.54, 1.807) is 19.1 Å². The van der Waals surface area contributed by atoms with Gasteiger partial charge in [-0.1, -0.05) is 38.1 Å². The molecule has 0 saturated carbocycles.